The van der Waals surface area contributed by atoms with E-state index in [-0.39, 0.29) is 16.6 Å². The second kappa shape index (κ2) is 4.73. The summed E-state index contributed by atoms with van der Waals surface area (Å²) < 4.78 is 14.3. The number of aromatic amines is 1. The number of hydrogen-bond donors (Lipinski definition) is 2. The average molecular weight is 331 g/mol. The molecule has 0 amide bonds. The molecule has 0 spiro atoms. The molecule has 0 saturated heterocycles. The molecule has 1 aromatic carbocycles. The van der Waals surface area contributed by atoms with Crippen molar-refractivity contribution in [2.24, 2.45) is 0 Å². The zero-order chi connectivity index (χ0) is 14.4. The van der Waals surface area contributed by atoms with E-state index < -0.39 is 11.8 Å². The Morgan fingerprint density at radius 1 is 1.35 bits per heavy atom. The largest absolute Gasteiger partial charge is 0.478 e. The van der Waals surface area contributed by atoms with Crippen molar-refractivity contribution in [3.05, 3.63) is 38.3 Å². The summed E-state index contributed by atoms with van der Waals surface area (Å²) in [5.74, 6) is -1.55. The highest BCUT2D eigenvalue weighted by Crippen LogP contribution is 2.37. The summed E-state index contributed by atoms with van der Waals surface area (Å²) in [6.45, 7) is 0. The molecule has 2 N–H and O–H groups in total. The Hall–Kier alpha value is -1.63. The van der Waals surface area contributed by atoms with E-state index in [1.807, 2.05) is 0 Å². The zero-order valence-corrected chi connectivity index (χ0v) is 11.9. The van der Waals surface area contributed by atoms with Crippen LogP contribution in [0, 0.1) is 5.82 Å². The van der Waals surface area contributed by atoms with Gasteiger partial charge in [0.2, 0.25) is 0 Å². The molecule has 0 bridgehead atoms. The summed E-state index contributed by atoms with van der Waals surface area (Å²) in [5.41, 5.74) is 0.803. The molecular weight excluding hydrogens is 326 g/mol. The number of thiophene rings is 1. The van der Waals surface area contributed by atoms with E-state index in [0.717, 1.165) is 6.07 Å². The minimum atomic E-state index is -1.25. The van der Waals surface area contributed by atoms with Gasteiger partial charge in [-0.3, -0.25) is 0 Å². The monoisotopic (exact) mass is 330 g/mol. The first-order valence-corrected chi connectivity index (χ1v) is 6.90. The molecule has 0 aliphatic rings. The molecule has 0 aliphatic carbocycles. The normalized spacial score (nSPS) is 11.2. The summed E-state index contributed by atoms with van der Waals surface area (Å²) in [7, 11) is 0. The third-order valence-corrected chi connectivity index (χ3v) is 4.18. The number of carboxylic acid groups (broad SMARTS) is 1. The molecule has 2 aromatic heterocycles. The van der Waals surface area contributed by atoms with Crippen molar-refractivity contribution in [1.82, 2.24) is 9.97 Å². The number of nitrogens with zero attached hydrogens (tertiary/aromatic N) is 1. The van der Waals surface area contributed by atoms with Gasteiger partial charge in [-0.25, -0.2) is 14.2 Å². The molecule has 0 fully saturated rings. The van der Waals surface area contributed by atoms with Gasteiger partial charge >= 0.3 is 5.97 Å². The number of H-pyrrole nitrogens is 1. The number of hydrogen-bond acceptors (Lipinski definition) is 3. The van der Waals surface area contributed by atoms with Gasteiger partial charge < -0.3 is 10.1 Å². The fourth-order valence-electron chi connectivity index (χ4n) is 1.87. The number of fused-ring (bicyclic) bond motifs is 1. The van der Waals surface area contributed by atoms with Crippen LogP contribution in [0.1, 0.15) is 10.4 Å². The molecule has 2 heterocycles. The molecular formula is C12H5Cl2FN2O2S. The molecule has 4 nitrogen and oxygen atoms in total. The van der Waals surface area contributed by atoms with Crippen LogP contribution >= 0.6 is 34.5 Å². The second-order valence-corrected chi connectivity index (χ2v) is 6.26. The van der Waals surface area contributed by atoms with Crippen LogP contribution in [0.5, 0.6) is 0 Å². The minimum Gasteiger partial charge on any atom is -0.478 e. The number of aromatic carboxylic acids is 1. The van der Waals surface area contributed by atoms with Gasteiger partial charge in [0, 0.05) is 5.56 Å². The summed E-state index contributed by atoms with van der Waals surface area (Å²) in [6, 6.07) is 3.72. The average Bonchev–Trinajstić information content (AvgIpc) is 2.90. The van der Waals surface area contributed by atoms with E-state index >= 15 is 0 Å². The number of carboxylic acids is 1. The molecule has 102 valence electrons. The van der Waals surface area contributed by atoms with Crippen LogP contribution in [0.3, 0.4) is 0 Å². The molecule has 3 rings (SSSR count). The Balaban J connectivity index is 2.28. The van der Waals surface area contributed by atoms with Gasteiger partial charge in [-0.2, -0.15) is 0 Å². The molecule has 0 atom stereocenters. The first-order chi connectivity index (χ1) is 9.45. The van der Waals surface area contributed by atoms with Crippen molar-refractivity contribution < 1.29 is 14.3 Å². The summed E-state index contributed by atoms with van der Waals surface area (Å²) in [4.78, 5) is 18.1. The highest BCUT2D eigenvalue weighted by molar-refractivity contribution is 7.20. The Kier molecular flexibility index (Phi) is 3.16. The van der Waals surface area contributed by atoms with Crippen molar-refractivity contribution in [3.63, 3.8) is 0 Å². The third kappa shape index (κ3) is 2.15. The van der Waals surface area contributed by atoms with Crippen LogP contribution in [-0.2, 0) is 0 Å². The van der Waals surface area contributed by atoms with Crippen LogP contribution in [0.2, 0.25) is 8.67 Å². The van der Waals surface area contributed by atoms with Crippen LogP contribution in [-0.4, -0.2) is 21.0 Å². The van der Waals surface area contributed by atoms with E-state index in [9.17, 15) is 9.18 Å². The number of benzene rings is 1. The quantitative estimate of drug-likeness (QED) is 0.730. The van der Waals surface area contributed by atoms with Gasteiger partial charge in [0.05, 0.1) is 15.4 Å². The van der Waals surface area contributed by atoms with Gasteiger partial charge in [-0.1, -0.05) is 23.2 Å². The van der Waals surface area contributed by atoms with Crippen LogP contribution in [0.15, 0.2) is 18.2 Å². The lowest BCUT2D eigenvalue weighted by Gasteiger charge is -1.95. The third-order valence-electron chi connectivity index (χ3n) is 2.69. The molecule has 8 heteroatoms. The Morgan fingerprint density at radius 2 is 2.10 bits per heavy atom. The lowest BCUT2D eigenvalue weighted by molar-refractivity contribution is 0.0698. The number of rotatable bonds is 2. The maximum atomic E-state index is 13.4. The number of imidazole rings is 1. The SMILES string of the molecule is O=C(O)c1cc(F)cc2[nH]c(-c3cc(Cl)sc3Cl)nc12. The smallest absolute Gasteiger partial charge is 0.338 e. The lowest BCUT2D eigenvalue weighted by Crippen LogP contribution is -1.98. The Bertz CT molecular complexity index is 843. The molecule has 3 aromatic rings. The molecule has 0 aliphatic heterocycles. The fourth-order valence-corrected chi connectivity index (χ4v) is 3.34. The van der Waals surface area contributed by atoms with Gasteiger partial charge in [-0.05, 0) is 18.2 Å². The van der Waals surface area contributed by atoms with E-state index in [2.05, 4.69) is 9.97 Å². The number of halogens is 3. The van der Waals surface area contributed by atoms with Crippen molar-refractivity contribution in [1.29, 1.82) is 0 Å². The predicted molar refractivity (Wildman–Crippen MR) is 76.3 cm³/mol. The van der Waals surface area contributed by atoms with Crippen LogP contribution < -0.4 is 0 Å². The molecule has 0 saturated carbocycles. The summed E-state index contributed by atoms with van der Waals surface area (Å²) in [5, 5.41) is 9.08. The Labute approximate surface area is 125 Å². The topological polar surface area (TPSA) is 66.0 Å². The van der Waals surface area contributed by atoms with Crippen molar-refractivity contribution in [2.75, 3.05) is 0 Å². The molecule has 0 radical (unpaired) electrons. The predicted octanol–water partition coefficient (Wildman–Crippen LogP) is 4.44. The van der Waals surface area contributed by atoms with Gasteiger partial charge in [0.1, 0.15) is 21.5 Å². The maximum Gasteiger partial charge on any atom is 0.338 e. The van der Waals surface area contributed by atoms with Crippen molar-refractivity contribution in [2.45, 2.75) is 0 Å². The number of aromatic nitrogens is 2. The van der Waals surface area contributed by atoms with E-state index in [4.69, 9.17) is 28.3 Å². The minimum absolute atomic E-state index is 0.173. The highest BCUT2D eigenvalue weighted by Gasteiger charge is 2.18. The van der Waals surface area contributed by atoms with Gasteiger partial charge in [0.25, 0.3) is 0 Å². The van der Waals surface area contributed by atoms with E-state index in [1.54, 1.807) is 6.07 Å². The number of nitrogens with one attached hydrogen (secondary N) is 1. The molecule has 0 unspecified atom stereocenters. The van der Waals surface area contributed by atoms with Gasteiger partial charge in [0.15, 0.2) is 0 Å². The fraction of sp³-hybridized carbons (Fsp3) is 0. The first-order valence-electron chi connectivity index (χ1n) is 5.33. The molecule has 20 heavy (non-hydrogen) atoms. The lowest BCUT2D eigenvalue weighted by atomic mass is 10.2. The Morgan fingerprint density at radius 3 is 2.70 bits per heavy atom. The van der Waals surface area contributed by atoms with Crippen LogP contribution in [0.25, 0.3) is 22.4 Å². The summed E-state index contributed by atoms with van der Waals surface area (Å²) in [6.07, 6.45) is 0. The highest BCUT2D eigenvalue weighted by atomic mass is 35.5. The summed E-state index contributed by atoms with van der Waals surface area (Å²) >= 11 is 13.1. The second-order valence-electron chi connectivity index (χ2n) is 3.98. The van der Waals surface area contributed by atoms with E-state index in [1.165, 1.54) is 17.4 Å². The van der Waals surface area contributed by atoms with Gasteiger partial charge in [-0.15, -0.1) is 11.3 Å². The van der Waals surface area contributed by atoms with Crippen molar-refractivity contribution >= 4 is 51.5 Å². The first kappa shape index (κ1) is 13.4. The van der Waals surface area contributed by atoms with Crippen LogP contribution in [0.4, 0.5) is 4.39 Å². The van der Waals surface area contributed by atoms with Crippen molar-refractivity contribution in [3.8, 4) is 11.4 Å². The van der Waals surface area contributed by atoms with E-state index in [0.29, 0.717) is 20.1 Å². The standard InChI is InChI=1S/C12H5Cl2FN2O2S/c13-8-3-6(10(14)20-8)11-16-7-2-4(15)1-5(12(18)19)9(7)17-11/h1-3H,(H,16,17)(H,18,19). The number of carbonyl (C=O) groups is 1. The zero-order valence-electron chi connectivity index (χ0n) is 9.58. The maximum absolute atomic E-state index is 13.4.